The lowest BCUT2D eigenvalue weighted by Crippen LogP contribution is -2.01. The van der Waals surface area contributed by atoms with Crippen molar-refractivity contribution in [2.24, 2.45) is 0 Å². The van der Waals surface area contributed by atoms with Crippen LogP contribution in [0, 0.1) is 6.92 Å². The minimum atomic E-state index is 0.563. The van der Waals surface area contributed by atoms with Crippen LogP contribution in [-0.4, -0.2) is 11.5 Å². The quantitative estimate of drug-likeness (QED) is 0.855. The van der Waals surface area contributed by atoms with Gasteiger partial charge in [0.1, 0.15) is 5.82 Å². The lowest BCUT2D eigenvalue weighted by Gasteiger charge is -2.10. The van der Waals surface area contributed by atoms with Gasteiger partial charge in [0, 0.05) is 11.9 Å². The van der Waals surface area contributed by atoms with Gasteiger partial charge in [-0.2, -0.15) is 0 Å². The maximum Gasteiger partial charge on any atom is 0.129 e. The first kappa shape index (κ1) is 11.9. The van der Waals surface area contributed by atoms with Crippen molar-refractivity contribution >= 4 is 16.7 Å². The molecule has 0 bridgehead atoms. The summed E-state index contributed by atoms with van der Waals surface area (Å²) < 4.78 is 0. The van der Waals surface area contributed by atoms with Gasteiger partial charge in [-0.05, 0) is 49.1 Å². The first-order chi connectivity index (χ1) is 8.11. The van der Waals surface area contributed by atoms with E-state index in [4.69, 9.17) is 0 Å². The van der Waals surface area contributed by atoms with Gasteiger partial charge in [0.25, 0.3) is 0 Å². The molecule has 1 aromatic carbocycles. The molecule has 0 atom stereocenters. The third-order valence-electron chi connectivity index (χ3n) is 3.04. The van der Waals surface area contributed by atoms with Gasteiger partial charge in [-0.25, -0.2) is 4.98 Å². The number of hydrogen-bond donors (Lipinski definition) is 1. The Kier molecular flexibility index (Phi) is 3.32. The summed E-state index contributed by atoms with van der Waals surface area (Å²) in [5.74, 6) is 1.56. The number of rotatable bonds is 3. The summed E-state index contributed by atoms with van der Waals surface area (Å²) in [6.45, 7) is 9.53. The van der Waals surface area contributed by atoms with Crippen LogP contribution in [0.2, 0.25) is 0 Å². The van der Waals surface area contributed by atoms with Crippen LogP contribution < -0.4 is 5.32 Å². The van der Waals surface area contributed by atoms with Gasteiger partial charge in [-0.15, -0.1) is 0 Å². The fourth-order valence-corrected chi connectivity index (χ4v) is 2.01. The van der Waals surface area contributed by atoms with Gasteiger partial charge in [0.2, 0.25) is 0 Å². The van der Waals surface area contributed by atoms with Crippen molar-refractivity contribution in [3.8, 4) is 0 Å². The zero-order chi connectivity index (χ0) is 12.4. The van der Waals surface area contributed by atoms with Crippen LogP contribution in [0.1, 0.15) is 37.8 Å². The second-order valence-electron chi connectivity index (χ2n) is 4.79. The molecule has 17 heavy (non-hydrogen) atoms. The monoisotopic (exact) mass is 228 g/mol. The Morgan fingerprint density at radius 2 is 2.00 bits per heavy atom. The normalized spacial score (nSPS) is 11.1. The van der Waals surface area contributed by atoms with Crippen molar-refractivity contribution in [2.75, 3.05) is 11.9 Å². The molecule has 1 aromatic heterocycles. The number of fused-ring (bicyclic) bond motifs is 1. The van der Waals surface area contributed by atoms with E-state index in [1.807, 2.05) is 0 Å². The summed E-state index contributed by atoms with van der Waals surface area (Å²) in [7, 11) is 0. The maximum atomic E-state index is 4.65. The van der Waals surface area contributed by atoms with E-state index in [0.29, 0.717) is 5.92 Å². The van der Waals surface area contributed by atoms with Crippen molar-refractivity contribution in [3.05, 3.63) is 35.4 Å². The fourth-order valence-electron chi connectivity index (χ4n) is 2.01. The van der Waals surface area contributed by atoms with Gasteiger partial charge >= 0.3 is 0 Å². The van der Waals surface area contributed by atoms with Crippen LogP contribution in [0.25, 0.3) is 10.9 Å². The van der Waals surface area contributed by atoms with Gasteiger partial charge in [-0.3, -0.25) is 0 Å². The highest BCUT2D eigenvalue weighted by molar-refractivity contribution is 5.82. The van der Waals surface area contributed by atoms with Crippen LogP contribution in [0.4, 0.5) is 5.82 Å². The molecule has 90 valence electrons. The van der Waals surface area contributed by atoms with E-state index in [1.165, 1.54) is 16.5 Å². The molecule has 2 nitrogen and oxygen atoms in total. The van der Waals surface area contributed by atoms with Gasteiger partial charge in [0.15, 0.2) is 0 Å². The lowest BCUT2D eigenvalue weighted by atomic mass is 10.0. The zero-order valence-corrected chi connectivity index (χ0v) is 11.0. The summed E-state index contributed by atoms with van der Waals surface area (Å²) in [4.78, 5) is 4.65. The minimum Gasteiger partial charge on any atom is -0.370 e. The molecule has 0 unspecified atom stereocenters. The Balaban J connectivity index is 2.54. The van der Waals surface area contributed by atoms with E-state index in [0.717, 1.165) is 17.9 Å². The molecule has 0 saturated heterocycles. The molecule has 1 heterocycles. The van der Waals surface area contributed by atoms with Crippen LogP contribution in [0.15, 0.2) is 24.3 Å². The largest absolute Gasteiger partial charge is 0.370 e. The van der Waals surface area contributed by atoms with Crippen LogP contribution in [0.5, 0.6) is 0 Å². The molecule has 0 spiro atoms. The third-order valence-corrected chi connectivity index (χ3v) is 3.04. The lowest BCUT2D eigenvalue weighted by molar-refractivity contribution is 0.868. The second-order valence-corrected chi connectivity index (χ2v) is 4.79. The molecule has 0 aliphatic heterocycles. The van der Waals surface area contributed by atoms with Crippen LogP contribution in [0.3, 0.4) is 0 Å². The molecule has 1 N–H and O–H groups in total. The molecule has 0 amide bonds. The molecule has 2 heteroatoms. The minimum absolute atomic E-state index is 0.563. The second kappa shape index (κ2) is 4.74. The van der Waals surface area contributed by atoms with E-state index in [-0.39, 0.29) is 0 Å². The molecule has 0 fully saturated rings. The van der Waals surface area contributed by atoms with E-state index in [9.17, 15) is 0 Å². The molecule has 0 saturated carbocycles. The van der Waals surface area contributed by atoms with Gasteiger partial charge in [-0.1, -0.05) is 19.9 Å². The molecule has 2 aromatic rings. The molecular formula is C15H20N2. The Morgan fingerprint density at radius 1 is 1.24 bits per heavy atom. The maximum absolute atomic E-state index is 4.65. The van der Waals surface area contributed by atoms with E-state index >= 15 is 0 Å². The number of anilines is 1. The summed E-state index contributed by atoms with van der Waals surface area (Å²) >= 11 is 0. The van der Waals surface area contributed by atoms with Crippen molar-refractivity contribution in [3.63, 3.8) is 0 Å². The highest BCUT2D eigenvalue weighted by Gasteiger charge is 2.05. The van der Waals surface area contributed by atoms with E-state index in [1.54, 1.807) is 0 Å². The predicted molar refractivity (Wildman–Crippen MR) is 74.7 cm³/mol. The first-order valence-corrected chi connectivity index (χ1v) is 6.27. The van der Waals surface area contributed by atoms with Crippen molar-refractivity contribution in [1.82, 2.24) is 4.98 Å². The molecule has 2 rings (SSSR count). The number of aromatic nitrogens is 1. The highest BCUT2D eigenvalue weighted by Crippen LogP contribution is 2.23. The molecule has 0 aliphatic rings. The number of hydrogen-bond acceptors (Lipinski definition) is 2. The number of nitrogens with zero attached hydrogens (tertiary/aromatic N) is 1. The Bertz CT molecular complexity index is 530. The average molecular weight is 228 g/mol. The summed E-state index contributed by atoms with van der Waals surface area (Å²) in [6, 6.07) is 8.75. The van der Waals surface area contributed by atoms with Crippen molar-refractivity contribution < 1.29 is 0 Å². The molecule has 0 radical (unpaired) electrons. The topological polar surface area (TPSA) is 24.9 Å². The smallest absolute Gasteiger partial charge is 0.129 e. The average Bonchev–Trinajstić information content (AvgIpc) is 2.29. The summed E-state index contributed by atoms with van der Waals surface area (Å²) in [6.07, 6.45) is 0. The molecular weight excluding hydrogens is 208 g/mol. The predicted octanol–water partition coefficient (Wildman–Crippen LogP) is 4.10. The van der Waals surface area contributed by atoms with E-state index < -0.39 is 0 Å². The first-order valence-electron chi connectivity index (χ1n) is 6.27. The number of aryl methyl sites for hydroxylation is 1. The summed E-state index contributed by atoms with van der Waals surface area (Å²) in [5, 5.41) is 4.53. The Morgan fingerprint density at radius 3 is 2.65 bits per heavy atom. The van der Waals surface area contributed by atoms with Crippen LogP contribution >= 0.6 is 0 Å². The Labute approximate surface area is 103 Å². The summed E-state index contributed by atoms with van der Waals surface area (Å²) in [5.41, 5.74) is 3.64. The molecule has 0 aliphatic carbocycles. The fraction of sp³-hybridized carbons (Fsp3) is 0.400. The van der Waals surface area contributed by atoms with Crippen molar-refractivity contribution in [1.29, 1.82) is 0 Å². The highest BCUT2D eigenvalue weighted by atomic mass is 15.0. The number of pyridine rings is 1. The van der Waals surface area contributed by atoms with Gasteiger partial charge < -0.3 is 5.32 Å². The van der Waals surface area contributed by atoms with Crippen LogP contribution in [-0.2, 0) is 0 Å². The van der Waals surface area contributed by atoms with Gasteiger partial charge in [0.05, 0.1) is 5.52 Å². The Hall–Kier alpha value is -1.57. The number of nitrogens with one attached hydrogen (secondary N) is 1. The SMILES string of the molecule is CCNc1nc2ccc(C(C)C)cc2cc1C. The van der Waals surface area contributed by atoms with E-state index in [2.05, 4.69) is 62.3 Å². The number of benzene rings is 1. The standard InChI is InChI=1S/C15H20N2/c1-5-16-15-11(4)8-13-9-12(10(2)3)6-7-14(13)17-15/h6-10H,5H2,1-4H3,(H,16,17). The zero-order valence-electron chi connectivity index (χ0n) is 11.0. The van der Waals surface area contributed by atoms with Crippen molar-refractivity contribution in [2.45, 2.75) is 33.6 Å². The third kappa shape index (κ3) is 2.41.